The summed E-state index contributed by atoms with van der Waals surface area (Å²) in [5.41, 5.74) is 1.62. The number of likely N-dealkylation sites (tertiary alicyclic amines) is 1. The Balaban J connectivity index is 1.92. The van der Waals surface area contributed by atoms with E-state index in [4.69, 9.17) is 0 Å². The van der Waals surface area contributed by atoms with Crippen molar-refractivity contribution in [1.29, 1.82) is 0 Å². The van der Waals surface area contributed by atoms with Crippen LogP contribution in [-0.4, -0.2) is 28.3 Å². The summed E-state index contributed by atoms with van der Waals surface area (Å²) in [7, 11) is 0. The number of aryl methyl sites for hydroxylation is 1. The highest BCUT2D eigenvalue weighted by atomic mass is 79.9. The average Bonchev–Trinajstić information content (AvgIpc) is 2.76. The lowest BCUT2D eigenvalue weighted by Crippen LogP contribution is -2.25. The number of hydrogen-bond acceptors (Lipinski definition) is 3. The molecule has 15 heavy (non-hydrogen) atoms. The van der Waals surface area contributed by atoms with Crippen molar-refractivity contribution in [2.45, 2.75) is 26.8 Å². The third-order valence-corrected chi connectivity index (χ3v) is 5.29. The van der Waals surface area contributed by atoms with Crippen LogP contribution in [0.2, 0.25) is 0 Å². The summed E-state index contributed by atoms with van der Waals surface area (Å²) < 4.78 is 0. The molecule has 0 aromatic carbocycles. The lowest BCUT2D eigenvalue weighted by Gasteiger charge is -2.21. The predicted octanol–water partition coefficient (Wildman–Crippen LogP) is 3.06. The second-order valence-corrected chi connectivity index (χ2v) is 6.29. The van der Waals surface area contributed by atoms with E-state index in [2.05, 4.69) is 45.0 Å². The molecule has 0 aliphatic carbocycles. The molecule has 1 aliphatic heterocycles. The maximum atomic E-state index is 4.51. The molecule has 1 saturated heterocycles. The normalized spacial score (nSPS) is 27.4. The van der Waals surface area contributed by atoms with Gasteiger partial charge in [-0.3, -0.25) is 4.90 Å². The van der Waals surface area contributed by atoms with E-state index in [0.29, 0.717) is 5.41 Å². The molecule has 1 aromatic heterocycles. The van der Waals surface area contributed by atoms with Crippen LogP contribution in [0.15, 0.2) is 5.38 Å². The van der Waals surface area contributed by atoms with Crippen LogP contribution in [0.25, 0.3) is 0 Å². The van der Waals surface area contributed by atoms with Gasteiger partial charge in [-0.25, -0.2) is 4.98 Å². The zero-order chi connectivity index (χ0) is 10.9. The number of hydrogen-bond donors (Lipinski definition) is 0. The summed E-state index contributed by atoms with van der Waals surface area (Å²) in [4.78, 5) is 7.03. The topological polar surface area (TPSA) is 16.1 Å². The minimum atomic E-state index is 0.465. The van der Waals surface area contributed by atoms with Gasteiger partial charge in [-0.1, -0.05) is 22.9 Å². The Bertz CT molecular complexity index is 339. The fraction of sp³-hybridized carbons (Fsp3) is 0.727. The summed E-state index contributed by atoms with van der Waals surface area (Å²) in [6, 6.07) is 0. The van der Waals surface area contributed by atoms with E-state index in [1.807, 2.05) is 0 Å². The second kappa shape index (κ2) is 4.52. The monoisotopic (exact) mass is 288 g/mol. The van der Waals surface area contributed by atoms with Gasteiger partial charge in [-0.05, 0) is 25.3 Å². The molecule has 0 radical (unpaired) electrons. The first-order valence-corrected chi connectivity index (χ1v) is 7.31. The van der Waals surface area contributed by atoms with Crippen LogP contribution in [0, 0.1) is 12.3 Å². The Hall–Kier alpha value is 0.0700. The van der Waals surface area contributed by atoms with Crippen LogP contribution in [0.4, 0.5) is 0 Å². The molecule has 0 N–H and O–H groups in total. The summed E-state index contributed by atoms with van der Waals surface area (Å²) in [6.45, 7) is 7.85. The lowest BCUT2D eigenvalue weighted by molar-refractivity contribution is 0.288. The van der Waals surface area contributed by atoms with Gasteiger partial charge in [0.25, 0.3) is 0 Å². The molecule has 2 nitrogen and oxygen atoms in total. The van der Waals surface area contributed by atoms with Gasteiger partial charge in [0.15, 0.2) is 0 Å². The van der Waals surface area contributed by atoms with Crippen LogP contribution in [0.1, 0.15) is 24.0 Å². The maximum absolute atomic E-state index is 4.51. The van der Waals surface area contributed by atoms with E-state index in [-0.39, 0.29) is 0 Å². The zero-order valence-electron chi connectivity index (χ0n) is 9.29. The lowest BCUT2D eigenvalue weighted by atomic mass is 9.93. The predicted molar refractivity (Wildman–Crippen MR) is 68.6 cm³/mol. The van der Waals surface area contributed by atoms with E-state index >= 15 is 0 Å². The molecule has 0 saturated carbocycles. The largest absolute Gasteiger partial charge is 0.296 e. The smallest absolute Gasteiger partial charge is 0.107 e. The fourth-order valence-electron chi connectivity index (χ4n) is 2.04. The number of aromatic nitrogens is 1. The molecule has 1 fully saturated rings. The first-order chi connectivity index (χ1) is 7.11. The molecule has 1 aliphatic rings. The number of nitrogens with zero attached hydrogens (tertiary/aromatic N) is 2. The maximum Gasteiger partial charge on any atom is 0.107 e. The molecule has 4 heteroatoms. The van der Waals surface area contributed by atoms with Crippen LogP contribution < -0.4 is 0 Å². The Kier molecular flexibility index (Phi) is 3.48. The zero-order valence-corrected chi connectivity index (χ0v) is 11.7. The van der Waals surface area contributed by atoms with Gasteiger partial charge in [0.2, 0.25) is 0 Å². The molecule has 1 atom stereocenters. The van der Waals surface area contributed by atoms with Crippen molar-refractivity contribution in [3.8, 4) is 0 Å². The summed E-state index contributed by atoms with van der Waals surface area (Å²) in [5.74, 6) is 0. The fourth-order valence-corrected chi connectivity index (χ4v) is 3.31. The minimum Gasteiger partial charge on any atom is -0.296 e. The molecular formula is C11H17BrN2S. The highest BCUT2D eigenvalue weighted by Gasteiger charge is 2.32. The number of thiazole rings is 1. The van der Waals surface area contributed by atoms with Crippen LogP contribution in [0.3, 0.4) is 0 Å². The van der Waals surface area contributed by atoms with Gasteiger partial charge in [0, 0.05) is 22.9 Å². The molecule has 84 valence electrons. The Labute approximate surface area is 104 Å². The van der Waals surface area contributed by atoms with Crippen LogP contribution in [-0.2, 0) is 6.54 Å². The van der Waals surface area contributed by atoms with Crippen LogP contribution in [0.5, 0.6) is 0 Å². The first-order valence-electron chi connectivity index (χ1n) is 5.31. The van der Waals surface area contributed by atoms with Gasteiger partial charge in [-0.15, -0.1) is 11.3 Å². The molecule has 0 spiro atoms. The van der Waals surface area contributed by atoms with E-state index in [9.17, 15) is 0 Å². The Morgan fingerprint density at radius 1 is 1.67 bits per heavy atom. The number of alkyl halides is 1. The Morgan fingerprint density at radius 2 is 2.47 bits per heavy atom. The first kappa shape index (κ1) is 11.6. The minimum absolute atomic E-state index is 0.465. The van der Waals surface area contributed by atoms with Gasteiger partial charge in [0.05, 0.1) is 6.54 Å². The van der Waals surface area contributed by atoms with E-state index in [1.165, 1.54) is 24.5 Å². The van der Waals surface area contributed by atoms with Gasteiger partial charge in [-0.2, -0.15) is 0 Å². The van der Waals surface area contributed by atoms with Gasteiger partial charge >= 0.3 is 0 Å². The molecule has 2 heterocycles. The second-order valence-electron chi connectivity index (χ2n) is 4.79. The van der Waals surface area contributed by atoms with Crippen molar-refractivity contribution in [2.75, 3.05) is 18.4 Å². The summed E-state index contributed by atoms with van der Waals surface area (Å²) in [6.07, 6.45) is 1.29. The third-order valence-electron chi connectivity index (χ3n) is 2.98. The van der Waals surface area contributed by atoms with Gasteiger partial charge < -0.3 is 0 Å². The van der Waals surface area contributed by atoms with Gasteiger partial charge in [0.1, 0.15) is 5.01 Å². The number of halogens is 1. The van der Waals surface area contributed by atoms with Crippen LogP contribution >= 0.6 is 27.3 Å². The molecule has 1 aromatic rings. The molecule has 1 unspecified atom stereocenters. The van der Waals surface area contributed by atoms with Crippen molar-refractivity contribution < 1.29 is 0 Å². The van der Waals surface area contributed by atoms with Crippen molar-refractivity contribution in [3.05, 3.63) is 16.1 Å². The van der Waals surface area contributed by atoms with Crippen molar-refractivity contribution in [3.63, 3.8) is 0 Å². The van der Waals surface area contributed by atoms with E-state index in [0.717, 1.165) is 17.6 Å². The molecule has 0 bridgehead atoms. The molecule has 2 rings (SSSR count). The molecular weight excluding hydrogens is 272 g/mol. The Morgan fingerprint density at radius 3 is 3.00 bits per heavy atom. The average molecular weight is 289 g/mol. The highest BCUT2D eigenvalue weighted by molar-refractivity contribution is 9.09. The van der Waals surface area contributed by atoms with E-state index in [1.54, 1.807) is 11.3 Å². The summed E-state index contributed by atoms with van der Waals surface area (Å²) in [5, 5.41) is 4.49. The summed E-state index contributed by atoms with van der Waals surface area (Å²) >= 11 is 5.39. The number of rotatable bonds is 3. The molecule has 0 amide bonds. The van der Waals surface area contributed by atoms with E-state index < -0.39 is 0 Å². The quantitative estimate of drug-likeness (QED) is 0.795. The van der Waals surface area contributed by atoms with Crippen molar-refractivity contribution >= 4 is 27.3 Å². The third kappa shape index (κ3) is 2.80. The van der Waals surface area contributed by atoms with Crippen molar-refractivity contribution in [1.82, 2.24) is 9.88 Å². The van der Waals surface area contributed by atoms with Crippen molar-refractivity contribution in [2.24, 2.45) is 5.41 Å². The standard InChI is InChI=1S/C11H17BrN2S/c1-9-6-15-10(13-9)5-14-4-3-11(2,7-12)8-14/h6H,3-5,7-8H2,1-2H3. The SMILES string of the molecule is Cc1csc(CN2CCC(C)(CBr)C2)n1. The highest BCUT2D eigenvalue weighted by Crippen LogP contribution is 2.32.